The lowest BCUT2D eigenvalue weighted by Crippen LogP contribution is -2.30. The Kier molecular flexibility index (Phi) is 11.6. The van der Waals surface area contributed by atoms with Gasteiger partial charge < -0.3 is 35.3 Å². The number of benzene rings is 4. The van der Waals surface area contributed by atoms with E-state index < -0.39 is 23.0 Å². The first kappa shape index (κ1) is 34.1. The molecule has 4 rings (SSSR count). The van der Waals surface area contributed by atoms with E-state index in [-0.39, 0.29) is 17.2 Å². The maximum atomic E-state index is 13.7. The first-order valence-corrected chi connectivity index (χ1v) is 15.1. The number of hydrogen-bond acceptors (Lipinski definition) is 8. The maximum absolute atomic E-state index is 13.7. The zero-order valence-electron chi connectivity index (χ0n) is 26.0. The molecule has 0 fully saturated rings. The fourth-order valence-electron chi connectivity index (χ4n) is 4.34. The Bertz CT molecular complexity index is 1810. The molecule has 12 heteroatoms. The quantitative estimate of drug-likeness (QED) is 0.101. The Labute approximate surface area is 275 Å². The minimum absolute atomic E-state index is 0.0597. The molecule has 0 aliphatic heterocycles. The van der Waals surface area contributed by atoms with Crippen molar-refractivity contribution in [3.8, 4) is 17.2 Å². The number of anilines is 2. The lowest BCUT2D eigenvalue weighted by Gasteiger charge is -2.15. The Morgan fingerprint density at radius 2 is 1.34 bits per heavy atom. The van der Waals surface area contributed by atoms with Crippen molar-refractivity contribution in [3.05, 3.63) is 113 Å². The molecule has 0 saturated heterocycles. The van der Waals surface area contributed by atoms with E-state index >= 15 is 0 Å². The van der Waals surface area contributed by atoms with E-state index in [2.05, 4.69) is 16.0 Å². The number of nitrogens with one attached hydrogen (secondary N) is 3. The number of ether oxygens (including phenoxy) is 3. The summed E-state index contributed by atoms with van der Waals surface area (Å²) in [6, 6.07) is 24.6. The molecule has 0 spiro atoms. The summed E-state index contributed by atoms with van der Waals surface area (Å²) < 4.78 is 16.3. The molecule has 4 N–H and O–H groups in total. The summed E-state index contributed by atoms with van der Waals surface area (Å²) >= 11 is 1.25. The van der Waals surface area contributed by atoms with Crippen LogP contribution < -0.4 is 30.2 Å². The Morgan fingerprint density at radius 1 is 0.723 bits per heavy atom. The summed E-state index contributed by atoms with van der Waals surface area (Å²) in [5.74, 6) is -1.34. The van der Waals surface area contributed by atoms with Gasteiger partial charge in [-0.2, -0.15) is 0 Å². The van der Waals surface area contributed by atoms with E-state index in [0.29, 0.717) is 44.6 Å². The number of thioether (sulfide) groups is 1. The van der Waals surface area contributed by atoms with Gasteiger partial charge in [0.25, 0.3) is 11.8 Å². The van der Waals surface area contributed by atoms with Gasteiger partial charge in [-0.05, 0) is 67.6 Å². The monoisotopic (exact) mass is 655 g/mol. The fraction of sp³-hybridized carbons (Fsp3) is 0.143. The number of carbonyl (C=O) groups is 4. The fourth-order valence-corrected chi connectivity index (χ4v) is 5.27. The van der Waals surface area contributed by atoms with E-state index in [4.69, 9.17) is 14.2 Å². The van der Waals surface area contributed by atoms with E-state index in [1.54, 1.807) is 85.8 Å². The van der Waals surface area contributed by atoms with Crippen molar-refractivity contribution < 1.29 is 38.5 Å². The van der Waals surface area contributed by atoms with Crippen LogP contribution in [-0.2, 0) is 9.59 Å². The molecule has 0 aliphatic rings. The highest BCUT2D eigenvalue weighted by Gasteiger charge is 2.19. The third-order valence-corrected chi connectivity index (χ3v) is 7.81. The maximum Gasteiger partial charge on any atom is 0.335 e. The topological polar surface area (TPSA) is 152 Å². The molecular formula is C35H33N3O8S. The van der Waals surface area contributed by atoms with Crippen molar-refractivity contribution in [1.29, 1.82) is 0 Å². The molecule has 4 aromatic carbocycles. The van der Waals surface area contributed by atoms with Gasteiger partial charge >= 0.3 is 5.97 Å². The molecule has 1 unspecified atom stereocenters. The van der Waals surface area contributed by atoms with E-state index in [1.165, 1.54) is 51.3 Å². The van der Waals surface area contributed by atoms with Crippen LogP contribution in [0, 0.1) is 0 Å². The van der Waals surface area contributed by atoms with Gasteiger partial charge in [0.2, 0.25) is 5.91 Å². The molecule has 0 bridgehead atoms. The van der Waals surface area contributed by atoms with Crippen molar-refractivity contribution in [2.75, 3.05) is 32.0 Å². The van der Waals surface area contributed by atoms with Gasteiger partial charge in [0.15, 0.2) is 11.5 Å². The second kappa shape index (κ2) is 16.0. The molecule has 0 radical (unpaired) electrons. The molecule has 0 aliphatic carbocycles. The van der Waals surface area contributed by atoms with Gasteiger partial charge in [0, 0.05) is 33.5 Å². The zero-order chi connectivity index (χ0) is 33.9. The molecule has 0 aromatic heterocycles. The average molecular weight is 656 g/mol. The predicted octanol–water partition coefficient (Wildman–Crippen LogP) is 5.94. The highest BCUT2D eigenvalue weighted by molar-refractivity contribution is 8.00. The Hall–Kier alpha value is -5.75. The van der Waals surface area contributed by atoms with Gasteiger partial charge in [-0.1, -0.05) is 30.3 Å². The van der Waals surface area contributed by atoms with Crippen LogP contribution in [0.3, 0.4) is 0 Å². The van der Waals surface area contributed by atoms with Crippen LogP contribution in [0.15, 0.2) is 102 Å². The Balaban J connectivity index is 1.56. The molecule has 3 amide bonds. The Morgan fingerprint density at radius 3 is 2.00 bits per heavy atom. The number of amides is 3. The van der Waals surface area contributed by atoms with Crippen molar-refractivity contribution in [3.63, 3.8) is 0 Å². The van der Waals surface area contributed by atoms with Gasteiger partial charge in [-0.3, -0.25) is 14.4 Å². The summed E-state index contributed by atoms with van der Waals surface area (Å²) in [4.78, 5) is 51.6. The number of rotatable bonds is 13. The predicted molar refractivity (Wildman–Crippen MR) is 180 cm³/mol. The molecule has 47 heavy (non-hydrogen) atoms. The van der Waals surface area contributed by atoms with Crippen LogP contribution in [0.25, 0.3) is 6.08 Å². The van der Waals surface area contributed by atoms with Gasteiger partial charge in [0.1, 0.15) is 11.4 Å². The van der Waals surface area contributed by atoms with Crippen molar-refractivity contribution in [1.82, 2.24) is 5.32 Å². The second-order valence-electron chi connectivity index (χ2n) is 9.94. The van der Waals surface area contributed by atoms with Crippen LogP contribution in [-0.4, -0.2) is 55.4 Å². The smallest absolute Gasteiger partial charge is 0.335 e. The van der Waals surface area contributed by atoms with E-state index in [0.717, 1.165) is 0 Å². The van der Waals surface area contributed by atoms with Crippen molar-refractivity contribution in [2.24, 2.45) is 0 Å². The first-order chi connectivity index (χ1) is 22.6. The lowest BCUT2D eigenvalue weighted by atomic mass is 10.1. The SMILES string of the molecule is COc1cc(OC)c(OC)cc1/C=C(/NC(=O)c1ccccc1)C(=O)Nc1cccc(SC(C)C(=O)Nc2cccc(C(=O)O)c2)c1. The molecular weight excluding hydrogens is 622 g/mol. The number of hydrogen-bond donors (Lipinski definition) is 4. The molecule has 242 valence electrons. The van der Waals surface area contributed by atoms with E-state index in [9.17, 15) is 24.3 Å². The van der Waals surface area contributed by atoms with Crippen LogP contribution in [0.2, 0.25) is 0 Å². The first-order valence-electron chi connectivity index (χ1n) is 14.2. The standard InChI is InChI=1S/C35H33N3O8S/c1-21(32(39)36-25-13-8-12-23(16-25)35(42)43)47-27-15-9-14-26(19-27)37-34(41)28(38-33(40)22-10-6-5-7-11-22)17-24-18-30(45-3)31(46-4)20-29(24)44-2/h5-21H,1-4H3,(H,36,39)(H,37,41)(H,38,40)(H,42,43)/b28-17+. The minimum Gasteiger partial charge on any atom is -0.496 e. The van der Waals surface area contributed by atoms with Crippen LogP contribution in [0.4, 0.5) is 11.4 Å². The zero-order valence-corrected chi connectivity index (χ0v) is 26.8. The summed E-state index contributed by atoms with van der Waals surface area (Å²) in [5.41, 5.74) is 1.57. The molecule has 11 nitrogen and oxygen atoms in total. The summed E-state index contributed by atoms with van der Waals surface area (Å²) in [6.45, 7) is 1.71. The number of aromatic carboxylic acids is 1. The third kappa shape index (κ3) is 9.14. The number of methoxy groups -OCH3 is 3. The summed E-state index contributed by atoms with van der Waals surface area (Å²) in [5, 5.41) is 16.9. The lowest BCUT2D eigenvalue weighted by molar-refractivity contribution is -0.115. The van der Waals surface area contributed by atoms with Crippen molar-refractivity contribution in [2.45, 2.75) is 17.1 Å². The largest absolute Gasteiger partial charge is 0.496 e. The van der Waals surface area contributed by atoms with Crippen LogP contribution in [0.5, 0.6) is 17.2 Å². The molecule has 0 heterocycles. The minimum atomic E-state index is -1.09. The average Bonchev–Trinajstić information content (AvgIpc) is 3.08. The highest BCUT2D eigenvalue weighted by atomic mass is 32.2. The number of carbonyl (C=O) groups excluding carboxylic acids is 3. The van der Waals surface area contributed by atoms with E-state index in [1.807, 2.05) is 0 Å². The molecule has 1 atom stereocenters. The summed E-state index contributed by atoms with van der Waals surface area (Å²) in [7, 11) is 4.44. The van der Waals surface area contributed by atoms with Gasteiger partial charge in [-0.25, -0.2) is 4.79 Å². The van der Waals surface area contributed by atoms with Crippen LogP contribution in [0.1, 0.15) is 33.2 Å². The van der Waals surface area contributed by atoms with Gasteiger partial charge in [-0.15, -0.1) is 11.8 Å². The number of carboxylic acid groups (broad SMARTS) is 1. The third-order valence-electron chi connectivity index (χ3n) is 6.72. The normalized spacial score (nSPS) is 11.5. The summed E-state index contributed by atoms with van der Waals surface area (Å²) in [6.07, 6.45) is 1.47. The second-order valence-corrected chi connectivity index (χ2v) is 11.4. The molecule has 0 saturated carbocycles. The number of carboxylic acids is 1. The van der Waals surface area contributed by atoms with Crippen molar-refractivity contribution >= 4 is 52.9 Å². The van der Waals surface area contributed by atoms with Gasteiger partial charge in [0.05, 0.1) is 32.1 Å². The molecule has 4 aromatic rings. The van der Waals surface area contributed by atoms with Crippen LogP contribution >= 0.6 is 11.8 Å². The highest BCUT2D eigenvalue weighted by Crippen LogP contribution is 2.36.